The van der Waals surface area contributed by atoms with E-state index in [0.29, 0.717) is 25.1 Å². The molecule has 1 aromatic rings. The van der Waals surface area contributed by atoms with Crippen molar-refractivity contribution < 1.29 is 13.2 Å². The predicted octanol–water partition coefficient (Wildman–Crippen LogP) is 2.45. The van der Waals surface area contributed by atoms with Gasteiger partial charge in [0.15, 0.2) is 0 Å². The summed E-state index contributed by atoms with van der Waals surface area (Å²) in [7, 11) is -3.34. The summed E-state index contributed by atoms with van der Waals surface area (Å²) < 4.78 is 25.9. The lowest BCUT2D eigenvalue weighted by atomic mass is 10.1. The van der Waals surface area contributed by atoms with Crippen LogP contribution in [0.1, 0.15) is 37.3 Å². The fraction of sp³-hybridized carbons (Fsp3) is 0.562. The third kappa shape index (κ3) is 3.67. The summed E-state index contributed by atoms with van der Waals surface area (Å²) in [4.78, 5) is 12.5. The third-order valence-electron chi connectivity index (χ3n) is 4.10. The molecule has 1 fully saturated rings. The SMILES string of the molecule is CCCS(=O)(=O)N1CCCC1C(=O)Nc1ccc(C)c(C)c1. The van der Waals surface area contributed by atoms with E-state index in [1.54, 1.807) is 0 Å². The van der Waals surface area contributed by atoms with E-state index in [2.05, 4.69) is 5.32 Å². The van der Waals surface area contributed by atoms with Crippen LogP contribution in [0, 0.1) is 13.8 Å². The summed E-state index contributed by atoms with van der Waals surface area (Å²) in [6, 6.07) is 5.12. The molecular weight excluding hydrogens is 300 g/mol. The number of anilines is 1. The van der Waals surface area contributed by atoms with Crippen molar-refractivity contribution in [2.45, 2.75) is 46.1 Å². The topological polar surface area (TPSA) is 66.5 Å². The second-order valence-electron chi connectivity index (χ2n) is 5.87. The number of hydrogen-bond donors (Lipinski definition) is 1. The van der Waals surface area contributed by atoms with Crippen LogP contribution in [0.2, 0.25) is 0 Å². The van der Waals surface area contributed by atoms with Gasteiger partial charge in [-0.05, 0) is 56.4 Å². The number of hydrogen-bond acceptors (Lipinski definition) is 3. The van der Waals surface area contributed by atoms with Gasteiger partial charge >= 0.3 is 0 Å². The summed E-state index contributed by atoms with van der Waals surface area (Å²) in [6.07, 6.45) is 1.87. The molecule has 6 heteroatoms. The molecule has 5 nitrogen and oxygen atoms in total. The molecular formula is C16H24N2O3S. The Balaban J connectivity index is 2.12. The van der Waals surface area contributed by atoms with Gasteiger partial charge in [-0.3, -0.25) is 4.79 Å². The average molecular weight is 324 g/mol. The van der Waals surface area contributed by atoms with Crippen molar-refractivity contribution in [1.82, 2.24) is 4.31 Å². The molecule has 0 aromatic heterocycles. The normalized spacial score (nSPS) is 19.3. The molecule has 1 saturated heterocycles. The monoisotopic (exact) mass is 324 g/mol. The largest absolute Gasteiger partial charge is 0.325 e. The number of benzene rings is 1. The lowest BCUT2D eigenvalue weighted by Gasteiger charge is -2.23. The molecule has 0 aliphatic carbocycles. The van der Waals surface area contributed by atoms with Crippen molar-refractivity contribution in [1.29, 1.82) is 0 Å². The maximum Gasteiger partial charge on any atom is 0.242 e. The first-order valence-electron chi connectivity index (χ1n) is 7.73. The van der Waals surface area contributed by atoms with E-state index >= 15 is 0 Å². The van der Waals surface area contributed by atoms with Gasteiger partial charge in [-0.15, -0.1) is 0 Å². The van der Waals surface area contributed by atoms with Gasteiger partial charge < -0.3 is 5.32 Å². The van der Waals surface area contributed by atoms with E-state index < -0.39 is 16.1 Å². The first kappa shape index (κ1) is 17.0. The van der Waals surface area contributed by atoms with E-state index in [4.69, 9.17) is 0 Å². The Morgan fingerprint density at radius 2 is 2.05 bits per heavy atom. The first-order chi connectivity index (χ1) is 10.3. The van der Waals surface area contributed by atoms with Crippen LogP contribution in [0.25, 0.3) is 0 Å². The van der Waals surface area contributed by atoms with Crippen molar-refractivity contribution in [3.8, 4) is 0 Å². The fourth-order valence-electron chi connectivity index (χ4n) is 2.76. The van der Waals surface area contributed by atoms with E-state index in [-0.39, 0.29) is 11.7 Å². The van der Waals surface area contributed by atoms with Crippen LogP contribution >= 0.6 is 0 Å². The molecule has 0 bridgehead atoms. The van der Waals surface area contributed by atoms with Gasteiger partial charge in [0.1, 0.15) is 6.04 Å². The molecule has 1 amide bonds. The predicted molar refractivity (Wildman–Crippen MR) is 88.4 cm³/mol. The van der Waals surface area contributed by atoms with Gasteiger partial charge in [-0.25, -0.2) is 8.42 Å². The summed E-state index contributed by atoms with van der Waals surface area (Å²) >= 11 is 0. The minimum atomic E-state index is -3.34. The highest BCUT2D eigenvalue weighted by atomic mass is 32.2. The minimum absolute atomic E-state index is 0.0976. The van der Waals surface area contributed by atoms with Gasteiger partial charge in [-0.1, -0.05) is 13.0 Å². The summed E-state index contributed by atoms with van der Waals surface area (Å²) in [5.41, 5.74) is 2.97. The number of nitrogens with one attached hydrogen (secondary N) is 1. The van der Waals surface area contributed by atoms with E-state index in [1.807, 2.05) is 39.0 Å². The number of rotatable bonds is 5. The van der Waals surface area contributed by atoms with Crippen LogP contribution in [0.3, 0.4) is 0 Å². The zero-order valence-electron chi connectivity index (χ0n) is 13.4. The minimum Gasteiger partial charge on any atom is -0.325 e. The third-order valence-corrected chi connectivity index (χ3v) is 6.18. The maximum atomic E-state index is 12.5. The van der Waals surface area contributed by atoms with E-state index in [0.717, 1.165) is 17.5 Å². The van der Waals surface area contributed by atoms with E-state index in [9.17, 15) is 13.2 Å². The highest BCUT2D eigenvalue weighted by molar-refractivity contribution is 7.89. The number of aryl methyl sites for hydroxylation is 2. The Morgan fingerprint density at radius 1 is 1.32 bits per heavy atom. The summed E-state index contributed by atoms with van der Waals surface area (Å²) in [6.45, 7) is 6.26. The zero-order valence-corrected chi connectivity index (χ0v) is 14.2. The van der Waals surface area contributed by atoms with Crippen LogP contribution in [0.4, 0.5) is 5.69 Å². The number of carbonyl (C=O) groups is 1. The van der Waals surface area contributed by atoms with Gasteiger partial charge in [0.05, 0.1) is 5.75 Å². The van der Waals surface area contributed by atoms with Crippen molar-refractivity contribution in [3.63, 3.8) is 0 Å². The molecule has 1 unspecified atom stereocenters. The van der Waals surface area contributed by atoms with Gasteiger partial charge in [0.2, 0.25) is 15.9 Å². The highest BCUT2D eigenvalue weighted by Gasteiger charge is 2.38. The van der Waals surface area contributed by atoms with Gasteiger partial charge in [0.25, 0.3) is 0 Å². The number of carbonyl (C=O) groups excluding carboxylic acids is 1. The standard InChI is InChI=1S/C16H24N2O3S/c1-4-10-22(20,21)18-9-5-6-15(18)16(19)17-14-8-7-12(2)13(3)11-14/h7-8,11,15H,4-6,9-10H2,1-3H3,(H,17,19). The molecule has 0 spiro atoms. The Bertz CT molecular complexity index is 655. The van der Waals surface area contributed by atoms with Crippen molar-refractivity contribution in [3.05, 3.63) is 29.3 Å². The van der Waals surface area contributed by atoms with Crippen LogP contribution in [-0.4, -0.2) is 37.0 Å². The smallest absolute Gasteiger partial charge is 0.242 e. The quantitative estimate of drug-likeness (QED) is 0.904. The maximum absolute atomic E-state index is 12.5. The van der Waals surface area contributed by atoms with Crippen LogP contribution < -0.4 is 5.32 Å². The molecule has 1 N–H and O–H groups in total. The molecule has 1 aromatic carbocycles. The highest BCUT2D eigenvalue weighted by Crippen LogP contribution is 2.23. The second-order valence-corrected chi connectivity index (χ2v) is 7.91. The lowest BCUT2D eigenvalue weighted by molar-refractivity contribution is -0.119. The fourth-order valence-corrected chi connectivity index (χ4v) is 4.50. The second kappa shape index (κ2) is 6.79. The van der Waals surface area contributed by atoms with Crippen LogP contribution in [0.15, 0.2) is 18.2 Å². The molecule has 1 atom stereocenters. The van der Waals surface area contributed by atoms with Gasteiger partial charge in [-0.2, -0.15) is 4.31 Å². The van der Waals surface area contributed by atoms with Crippen molar-refractivity contribution in [2.75, 3.05) is 17.6 Å². The molecule has 2 rings (SSSR count). The molecule has 0 saturated carbocycles. The summed E-state index contributed by atoms with van der Waals surface area (Å²) in [5.74, 6) is -0.138. The Hall–Kier alpha value is -1.40. The van der Waals surface area contributed by atoms with E-state index in [1.165, 1.54) is 4.31 Å². The number of sulfonamides is 1. The Morgan fingerprint density at radius 3 is 2.68 bits per heavy atom. The lowest BCUT2D eigenvalue weighted by Crippen LogP contribution is -2.44. The van der Waals surface area contributed by atoms with Gasteiger partial charge in [0, 0.05) is 12.2 Å². The molecule has 1 heterocycles. The Labute approximate surface area is 132 Å². The first-order valence-corrected chi connectivity index (χ1v) is 9.33. The van der Waals surface area contributed by atoms with Crippen LogP contribution in [-0.2, 0) is 14.8 Å². The Kier molecular flexibility index (Phi) is 5.24. The molecule has 1 aliphatic rings. The molecule has 22 heavy (non-hydrogen) atoms. The summed E-state index contributed by atoms with van der Waals surface area (Å²) in [5, 5.41) is 2.85. The van der Waals surface area contributed by atoms with Crippen molar-refractivity contribution in [2.24, 2.45) is 0 Å². The molecule has 1 aliphatic heterocycles. The molecule has 122 valence electrons. The zero-order chi connectivity index (χ0) is 16.3. The number of nitrogens with zero attached hydrogens (tertiary/aromatic N) is 1. The molecule has 0 radical (unpaired) electrons. The van der Waals surface area contributed by atoms with Crippen molar-refractivity contribution >= 4 is 21.6 Å². The number of amides is 1. The average Bonchev–Trinajstić information content (AvgIpc) is 2.93. The van der Waals surface area contributed by atoms with Crippen LogP contribution in [0.5, 0.6) is 0 Å².